The molecule has 1 fully saturated rings. The highest BCUT2D eigenvalue weighted by molar-refractivity contribution is 5.86. The second-order valence-corrected chi connectivity index (χ2v) is 6.98. The Morgan fingerprint density at radius 2 is 1.45 bits per heavy atom. The predicted molar refractivity (Wildman–Crippen MR) is 102 cm³/mol. The number of carbonyl (C=O) groups is 1. The molecule has 0 aliphatic carbocycles. The van der Waals surface area contributed by atoms with Crippen molar-refractivity contribution in [2.24, 2.45) is 0 Å². The monoisotopic (exact) mass is 407 g/mol. The van der Waals surface area contributed by atoms with Crippen molar-refractivity contribution < 1.29 is 27.4 Å². The molecule has 1 saturated heterocycles. The van der Waals surface area contributed by atoms with Gasteiger partial charge in [-0.25, -0.2) is 4.79 Å². The van der Waals surface area contributed by atoms with Crippen LogP contribution in [0, 0.1) is 0 Å². The minimum atomic E-state index is -4.39. The normalized spacial score (nSPS) is 15.8. The van der Waals surface area contributed by atoms with Crippen LogP contribution in [0.2, 0.25) is 0 Å². The van der Waals surface area contributed by atoms with E-state index in [1.54, 1.807) is 60.7 Å². The molecule has 0 bridgehead atoms. The van der Waals surface area contributed by atoms with E-state index in [1.807, 2.05) is 0 Å². The van der Waals surface area contributed by atoms with Gasteiger partial charge in [0.15, 0.2) is 0 Å². The maximum absolute atomic E-state index is 13.4. The zero-order valence-electron chi connectivity index (χ0n) is 16.0. The van der Waals surface area contributed by atoms with Gasteiger partial charge in [-0.2, -0.15) is 13.2 Å². The van der Waals surface area contributed by atoms with Crippen LogP contribution in [0.15, 0.2) is 60.7 Å². The number of alkyl halides is 3. The summed E-state index contributed by atoms with van der Waals surface area (Å²) in [5.41, 5.74) is -0.891. The van der Waals surface area contributed by atoms with Crippen molar-refractivity contribution >= 4 is 5.97 Å². The van der Waals surface area contributed by atoms with Gasteiger partial charge in [0, 0.05) is 0 Å². The summed E-state index contributed by atoms with van der Waals surface area (Å²) >= 11 is 0. The molecule has 4 nitrogen and oxygen atoms in total. The molecule has 1 aliphatic heterocycles. The van der Waals surface area contributed by atoms with Crippen molar-refractivity contribution in [3.05, 3.63) is 71.8 Å². The lowest BCUT2D eigenvalue weighted by Crippen LogP contribution is -2.45. The van der Waals surface area contributed by atoms with Gasteiger partial charge >= 0.3 is 12.1 Å². The number of halogens is 3. The molecular formula is C22H24F3NO3. The molecule has 0 aromatic heterocycles. The Labute approximate surface area is 168 Å². The van der Waals surface area contributed by atoms with Crippen molar-refractivity contribution in [1.29, 1.82) is 0 Å². The standard InChI is InChI=1S/C22H24F3NO3/c23-21(24,25)13-16-28-22(17-7-3-1-4-8-17,18-9-5-2-6-10-18)20(27)29-19-11-14-26-15-12-19/h1-10,19,26H,11-16H2. The lowest BCUT2D eigenvalue weighted by molar-refractivity contribution is -0.185. The van der Waals surface area contributed by atoms with Crippen LogP contribution in [0.3, 0.4) is 0 Å². The summed E-state index contributed by atoms with van der Waals surface area (Å²) in [7, 11) is 0. The van der Waals surface area contributed by atoms with Crippen molar-refractivity contribution in [2.75, 3.05) is 19.7 Å². The van der Waals surface area contributed by atoms with Gasteiger partial charge in [0.05, 0.1) is 13.0 Å². The van der Waals surface area contributed by atoms with Crippen LogP contribution in [0.5, 0.6) is 0 Å². The number of nitrogens with one attached hydrogen (secondary N) is 1. The molecule has 1 aliphatic rings. The topological polar surface area (TPSA) is 47.6 Å². The molecule has 0 saturated carbocycles. The van der Waals surface area contributed by atoms with Crippen LogP contribution in [-0.2, 0) is 19.9 Å². The van der Waals surface area contributed by atoms with Gasteiger partial charge in [-0.15, -0.1) is 0 Å². The maximum atomic E-state index is 13.4. The van der Waals surface area contributed by atoms with Crippen molar-refractivity contribution in [3.63, 3.8) is 0 Å². The van der Waals surface area contributed by atoms with Crippen LogP contribution in [0.1, 0.15) is 30.4 Å². The third-order valence-corrected chi connectivity index (χ3v) is 4.91. The fraction of sp³-hybridized carbons (Fsp3) is 0.409. The van der Waals surface area contributed by atoms with E-state index in [0.717, 1.165) is 13.1 Å². The first-order valence-corrected chi connectivity index (χ1v) is 9.65. The molecule has 2 aromatic carbocycles. The van der Waals surface area contributed by atoms with E-state index >= 15 is 0 Å². The first-order valence-electron chi connectivity index (χ1n) is 9.65. The second-order valence-electron chi connectivity index (χ2n) is 6.98. The Bertz CT molecular complexity index is 735. The Morgan fingerprint density at radius 3 is 1.93 bits per heavy atom. The first kappa shape index (κ1) is 21.3. The number of hydrogen-bond donors (Lipinski definition) is 1. The Kier molecular flexibility index (Phi) is 6.92. The van der Waals surface area contributed by atoms with E-state index in [2.05, 4.69) is 5.32 Å². The van der Waals surface area contributed by atoms with E-state index in [-0.39, 0.29) is 6.10 Å². The minimum Gasteiger partial charge on any atom is -0.460 e. The van der Waals surface area contributed by atoms with E-state index in [9.17, 15) is 18.0 Å². The van der Waals surface area contributed by atoms with Gasteiger partial charge in [0.2, 0.25) is 5.60 Å². The van der Waals surface area contributed by atoms with Gasteiger partial charge in [-0.3, -0.25) is 0 Å². The average molecular weight is 407 g/mol. The number of esters is 1. The van der Waals surface area contributed by atoms with Gasteiger partial charge in [0.1, 0.15) is 6.10 Å². The molecule has 1 N–H and O–H groups in total. The lowest BCUT2D eigenvalue weighted by Gasteiger charge is -2.35. The van der Waals surface area contributed by atoms with E-state index < -0.39 is 30.8 Å². The van der Waals surface area contributed by atoms with E-state index in [4.69, 9.17) is 9.47 Å². The largest absolute Gasteiger partial charge is 0.460 e. The molecule has 0 spiro atoms. The second kappa shape index (κ2) is 9.41. The molecule has 2 aromatic rings. The first-order chi connectivity index (χ1) is 13.9. The molecule has 156 valence electrons. The fourth-order valence-corrected chi connectivity index (χ4v) is 3.44. The minimum absolute atomic E-state index is 0.304. The number of carbonyl (C=O) groups excluding carboxylic acids is 1. The lowest BCUT2D eigenvalue weighted by atomic mass is 9.85. The van der Waals surface area contributed by atoms with Crippen molar-refractivity contribution in [2.45, 2.75) is 37.1 Å². The Morgan fingerprint density at radius 1 is 0.931 bits per heavy atom. The van der Waals surface area contributed by atoms with Crippen LogP contribution in [0.4, 0.5) is 13.2 Å². The third-order valence-electron chi connectivity index (χ3n) is 4.91. The Balaban J connectivity index is 1.99. The molecule has 3 rings (SSSR count). The highest BCUT2D eigenvalue weighted by atomic mass is 19.4. The summed E-state index contributed by atoms with van der Waals surface area (Å²) in [5.74, 6) is -0.691. The van der Waals surface area contributed by atoms with E-state index in [0.29, 0.717) is 24.0 Å². The maximum Gasteiger partial charge on any atom is 0.391 e. The number of hydrogen-bond acceptors (Lipinski definition) is 4. The highest BCUT2D eigenvalue weighted by Gasteiger charge is 2.46. The molecule has 0 radical (unpaired) electrons. The van der Waals surface area contributed by atoms with Gasteiger partial charge in [-0.1, -0.05) is 60.7 Å². The average Bonchev–Trinajstić information content (AvgIpc) is 2.72. The zero-order chi connectivity index (χ0) is 20.7. The number of ether oxygens (including phenoxy) is 2. The molecule has 1 heterocycles. The molecule has 0 amide bonds. The summed E-state index contributed by atoms with van der Waals surface area (Å²) in [6.07, 6.45) is -4.56. The quantitative estimate of drug-likeness (QED) is 0.699. The summed E-state index contributed by atoms with van der Waals surface area (Å²) in [4.78, 5) is 13.4. The molecule has 29 heavy (non-hydrogen) atoms. The van der Waals surface area contributed by atoms with Gasteiger partial charge < -0.3 is 14.8 Å². The Hall–Kier alpha value is -2.38. The fourth-order valence-electron chi connectivity index (χ4n) is 3.44. The van der Waals surface area contributed by atoms with Gasteiger partial charge in [0.25, 0.3) is 0 Å². The summed E-state index contributed by atoms with van der Waals surface area (Å²) in [6, 6.07) is 17.1. The van der Waals surface area contributed by atoms with Crippen molar-refractivity contribution in [3.8, 4) is 0 Å². The van der Waals surface area contributed by atoms with E-state index in [1.165, 1.54) is 0 Å². The number of benzene rings is 2. The number of piperidine rings is 1. The highest BCUT2D eigenvalue weighted by Crippen LogP contribution is 2.37. The predicted octanol–water partition coefficient (Wildman–Crippen LogP) is 4.19. The molecule has 0 atom stereocenters. The summed E-state index contributed by atoms with van der Waals surface area (Å²) < 4.78 is 50.0. The molecule has 7 heteroatoms. The summed E-state index contributed by atoms with van der Waals surface area (Å²) in [6.45, 7) is 0.779. The SMILES string of the molecule is O=C(OC1CCNCC1)C(OCCC(F)(F)F)(c1ccccc1)c1ccccc1. The van der Waals surface area contributed by atoms with Crippen molar-refractivity contribution in [1.82, 2.24) is 5.32 Å². The van der Waals surface area contributed by atoms with Crippen LogP contribution < -0.4 is 5.32 Å². The van der Waals surface area contributed by atoms with Crippen LogP contribution in [-0.4, -0.2) is 37.9 Å². The molecule has 0 unspecified atom stereocenters. The smallest absolute Gasteiger partial charge is 0.391 e. The number of rotatable bonds is 7. The zero-order valence-corrected chi connectivity index (χ0v) is 16.0. The third kappa shape index (κ3) is 5.36. The van der Waals surface area contributed by atoms with Gasteiger partial charge in [-0.05, 0) is 37.1 Å². The van der Waals surface area contributed by atoms with Crippen LogP contribution >= 0.6 is 0 Å². The molecular weight excluding hydrogens is 383 g/mol. The van der Waals surface area contributed by atoms with Crippen LogP contribution in [0.25, 0.3) is 0 Å². The summed E-state index contributed by atoms with van der Waals surface area (Å²) in [5, 5.41) is 3.19.